The fraction of sp³-hybridized carbons (Fsp3) is 0.643. The van der Waals surface area contributed by atoms with Crippen LogP contribution in [0, 0.1) is 0 Å². The van der Waals surface area contributed by atoms with E-state index in [1.807, 2.05) is 11.9 Å². The largest absolute Gasteiger partial charge is 0.343 e. The molecule has 2 rings (SSSR count). The summed E-state index contributed by atoms with van der Waals surface area (Å²) in [6.45, 7) is 0. The van der Waals surface area contributed by atoms with Gasteiger partial charge >= 0.3 is 0 Å². The highest BCUT2D eigenvalue weighted by Gasteiger charge is 2.21. The highest BCUT2D eigenvalue weighted by atomic mass is 32.1. The van der Waals surface area contributed by atoms with Gasteiger partial charge in [0.25, 0.3) is 0 Å². The maximum absolute atomic E-state index is 12.1. The molecule has 94 valence electrons. The maximum atomic E-state index is 12.1. The number of hydrogen-bond donors (Lipinski definition) is 0. The van der Waals surface area contributed by atoms with Crippen LogP contribution in [0.4, 0.5) is 0 Å². The van der Waals surface area contributed by atoms with Crippen molar-refractivity contribution < 1.29 is 4.79 Å². The summed E-state index contributed by atoms with van der Waals surface area (Å²) in [5, 5.41) is 2.07. The number of nitrogens with zero attached hydrogens (tertiary/aromatic N) is 1. The molecule has 0 bridgehead atoms. The minimum atomic E-state index is 0.310. The molecule has 0 aromatic carbocycles. The third-order valence-electron chi connectivity index (χ3n) is 3.68. The number of carbonyl (C=O) groups is 1. The predicted octanol–water partition coefficient (Wildman–Crippen LogP) is 3.47. The molecule has 0 atom stereocenters. The van der Waals surface area contributed by atoms with Crippen LogP contribution >= 0.6 is 11.3 Å². The second-order valence-electron chi connectivity index (χ2n) is 4.88. The van der Waals surface area contributed by atoms with Crippen LogP contribution in [0.15, 0.2) is 17.5 Å². The van der Waals surface area contributed by atoms with Gasteiger partial charge in [0.15, 0.2) is 0 Å². The van der Waals surface area contributed by atoms with Crippen LogP contribution in [0.5, 0.6) is 0 Å². The summed E-state index contributed by atoms with van der Waals surface area (Å²) in [6.07, 6.45) is 7.86. The molecule has 1 heterocycles. The molecular formula is C14H21NOS. The molecule has 0 N–H and O–H groups in total. The zero-order valence-corrected chi connectivity index (χ0v) is 11.3. The van der Waals surface area contributed by atoms with Gasteiger partial charge in [-0.15, -0.1) is 11.3 Å². The van der Waals surface area contributed by atoms with Gasteiger partial charge in [0.2, 0.25) is 5.91 Å². The molecule has 1 aromatic heterocycles. The van der Waals surface area contributed by atoms with Gasteiger partial charge in [-0.25, -0.2) is 0 Å². The van der Waals surface area contributed by atoms with Crippen LogP contribution in [-0.4, -0.2) is 23.9 Å². The first kappa shape index (κ1) is 12.6. The Morgan fingerprint density at radius 1 is 1.41 bits per heavy atom. The molecule has 17 heavy (non-hydrogen) atoms. The molecule has 1 amide bonds. The number of hydrogen-bond acceptors (Lipinski definition) is 2. The Labute approximate surface area is 108 Å². The van der Waals surface area contributed by atoms with Crippen LogP contribution in [0.25, 0.3) is 0 Å². The molecular weight excluding hydrogens is 230 g/mol. The minimum Gasteiger partial charge on any atom is -0.343 e. The molecule has 1 fully saturated rings. The van der Waals surface area contributed by atoms with Crippen molar-refractivity contribution in [3.63, 3.8) is 0 Å². The van der Waals surface area contributed by atoms with E-state index < -0.39 is 0 Å². The molecule has 0 radical (unpaired) electrons. The zero-order valence-electron chi connectivity index (χ0n) is 10.5. The number of amides is 1. The quantitative estimate of drug-likeness (QED) is 0.802. The predicted molar refractivity (Wildman–Crippen MR) is 72.3 cm³/mol. The molecule has 2 nitrogen and oxygen atoms in total. The van der Waals surface area contributed by atoms with Gasteiger partial charge in [-0.05, 0) is 30.7 Å². The topological polar surface area (TPSA) is 20.3 Å². The Bertz CT molecular complexity index is 341. The summed E-state index contributed by atoms with van der Waals surface area (Å²) in [4.78, 5) is 15.4. The number of aryl methyl sites for hydroxylation is 1. The van der Waals surface area contributed by atoms with Crippen molar-refractivity contribution in [2.24, 2.45) is 0 Å². The first-order chi connectivity index (χ1) is 8.27. The van der Waals surface area contributed by atoms with E-state index in [4.69, 9.17) is 0 Å². The Morgan fingerprint density at radius 2 is 2.18 bits per heavy atom. The van der Waals surface area contributed by atoms with Gasteiger partial charge in [0.1, 0.15) is 0 Å². The third-order valence-corrected chi connectivity index (χ3v) is 4.62. The summed E-state index contributed by atoms with van der Waals surface area (Å²) >= 11 is 1.74. The Kier molecular flexibility index (Phi) is 4.60. The van der Waals surface area contributed by atoms with Crippen molar-refractivity contribution in [3.8, 4) is 0 Å². The first-order valence-electron chi connectivity index (χ1n) is 6.55. The van der Waals surface area contributed by atoms with Crippen molar-refractivity contribution in [1.29, 1.82) is 0 Å². The van der Waals surface area contributed by atoms with Gasteiger partial charge in [-0.3, -0.25) is 4.79 Å². The summed E-state index contributed by atoms with van der Waals surface area (Å²) in [6, 6.07) is 4.66. The molecule has 1 saturated carbocycles. The number of carbonyl (C=O) groups excluding carboxylic acids is 1. The van der Waals surface area contributed by atoms with Gasteiger partial charge < -0.3 is 4.90 Å². The standard InChI is InChI=1S/C14H21NOS/c1-15(12-6-3-2-4-7-12)14(16)10-9-13-8-5-11-17-13/h5,8,11-12H,2-4,6-7,9-10H2,1H3. The van der Waals surface area contributed by atoms with Crippen LogP contribution in [0.3, 0.4) is 0 Å². The second-order valence-corrected chi connectivity index (χ2v) is 5.91. The fourth-order valence-corrected chi connectivity index (χ4v) is 3.24. The van der Waals surface area contributed by atoms with Crippen molar-refractivity contribution in [3.05, 3.63) is 22.4 Å². The van der Waals surface area contributed by atoms with Crippen molar-refractivity contribution in [2.75, 3.05) is 7.05 Å². The Hall–Kier alpha value is -0.830. The average molecular weight is 251 g/mol. The molecule has 0 unspecified atom stereocenters. The van der Waals surface area contributed by atoms with Crippen LogP contribution in [0.2, 0.25) is 0 Å². The Balaban J connectivity index is 1.78. The molecule has 1 aliphatic carbocycles. The van der Waals surface area contributed by atoms with Gasteiger partial charge in [-0.2, -0.15) is 0 Å². The fourth-order valence-electron chi connectivity index (χ4n) is 2.53. The lowest BCUT2D eigenvalue weighted by atomic mass is 9.94. The third kappa shape index (κ3) is 3.56. The molecule has 3 heteroatoms. The summed E-state index contributed by atoms with van der Waals surface area (Å²) in [5.74, 6) is 0.310. The molecule has 0 spiro atoms. The maximum Gasteiger partial charge on any atom is 0.222 e. The lowest BCUT2D eigenvalue weighted by Crippen LogP contribution is -2.38. The van der Waals surface area contributed by atoms with Crippen molar-refractivity contribution in [1.82, 2.24) is 4.90 Å². The second kappa shape index (κ2) is 6.20. The highest BCUT2D eigenvalue weighted by Crippen LogP contribution is 2.22. The van der Waals surface area contributed by atoms with Crippen molar-refractivity contribution >= 4 is 17.2 Å². The molecule has 1 aromatic rings. The molecule has 1 aliphatic rings. The van der Waals surface area contributed by atoms with E-state index >= 15 is 0 Å². The smallest absolute Gasteiger partial charge is 0.222 e. The summed E-state index contributed by atoms with van der Waals surface area (Å²) < 4.78 is 0. The number of rotatable bonds is 4. The summed E-state index contributed by atoms with van der Waals surface area (Å²) in [7, 11) is 1.98. The monoisotopic (exact) mass is 251 g/mol. The van der Waals surface area contributed by atoms with E-state index in [0.29, 0.717) is 18.4 Å². The minimum absolute atomic E-state index is 0.310. The lowest BCUT2D eigenvalue weighted by Gasteiger charge is -2.31. The van der Waals surface area contributed by atoms with E-state index in [1.165, 1.54) is 37.0 Å². The van der Waals surface area contributed by atoms with E-state index in [-0.39, 0.29) is 0 Å². The zero-order chi connectivity index (χ0) is 12.1. The van der Waals surface area contributed by atoms with Crippen LogP contribution in [0.1, 0.15) is 43.4 Å². The Morgan fingerprint density at radius 3 is 2.82 bits per heavy atom. The number of thiophene rings is 1. The van der Waals surface area contributed by atoms with E-state index in [2.05, 4.69) is 17.5 Å². The van der Waals surface area contributed by atoms with Crippen LogP contribution in [-0.2, 0) is 11.2 Å². The van der Waals surface area contributed by atoms with Crippen LogP contribution < -0.4 is 0 Å². The average Bonchev–Trinajstić information content (AvgIpc) is 2.89. The van der Waals surface area contributed by atoms with E-state index in [9.17, 15) is 4.79 Å². The van der Waals surface area contributed by atoms with E-state index in [1.54, 1.807) is 11.3 Å². The van der Waals surface area contributed by atoms with Gasteiger partial charge in [0.05, 0.1) is 0 Å². The first-order valence-corrected chi connectivity index (χ1v) is 7.43. The molecule has 0 aliphatic heterocycles. The normalized spacial score (nSPS) is 17.0. The summed E-state index contributed by atoms with van der Waals surface area (Å²) in [5.41, 5.74) is 0. The molecule has 0 saturated heterocycles. The highest BCUT2D eigenvalue weighted by molar-refractivity contribution is 7.09. The lowest BCUT2D eigenvalue weighted by molar-refractivity contribution is -0.132. The van der Waals surface area contributed by atoms with E-state index in [0.717, 1.165) is 6.42 Å². The van der Waals surface area contributed by atoms with Crippen molar-refractivity contribution in [2.45, 2.75) is 51.0 Å². The SMILES string of the molecule is CN(C(=O)CCc1cccs1)C1CCCCC1. The van der Waals surface area contributed by atoms with Gasteiger partial charge in [-0.1, -0.05) is 25.3 Å². The van der Waals surface area contributed by atoms with Gasteiger partial charge in [0, 0.05) is 24.4 Å².